The second kappa shape index (κ2) is 2.80. The Balaban J connectivity index is 2.83. The predicted octanol–water partition coefficient (Wildman–Crippen LogP) is 0.287. The standard InChI is InChI=1S/C6H10N2O2S/c1-7-6-4-3-5-8(6)11(2,9)10/h6H,3-5H2,2H3/t6-/m0/s1. The number of hydrogen-bond donors (Lipinski definition) is 0. The molecule has 1 atom stereocenters. The summed E-state index contributed by atoms with van der Waals surface area (Å²) < 4.78 is 23.2. The van der Waals surface area contributed by atoms with E-state index in [-0.39, 0.29) is 0 Å². The van der Waals surface area contributed by atoms with Crippen LogP contribution >= 0.6 is 0 Å². The first kappa shape index (κ1) is 8.50. The molecule has 0 aromatic rings. The average Bonchev–Trinajstić information content (AvgIpc) is 2.31. The van der Waals surface area contributed by atoms with Gasteiger partial charge in [0, 0.05) is 13.0 Å². The normalized spacial score (nSPS) is 26.7. The van der Waals surface area contributed by atoms with Gasteiger partial charge >= 0.3 is 0 Å². The number of rotatable bonds is 1. The molecule has 11 heavy (non-hydrogen) atoms. The van der Waals surface area contributed by atoms with Crippen LogP contribution < -0.4 is 0 Å². The summed E-state index contributed by atoms with van der Waals surface area (Å²) in [7, 11) is -3.14. The molecule has 0 bridgehead atoms. The zero-order chi connectivity index (χ0) is 8.48. The molecule has 0 aliphatic carbocycles. The summed E-state index contributed by atoms with van der Waals surface area (Å²) >= 11 is 0. The first-order chi connectivity index (χ1) is 5.05. The predicted molar refractivity (Wildman–Crippen MR) is 41.2 cm³/mol. The Hall–Kier alpha value is -0.600. The van der Waals surface area contributed by atoms with Gasteiger partial charge in [-0.3, -0.25) is 4.85 Å². The molecule has 0 unspecified atom stereocenters. The van der Waals surface area contributed by atoms with Crippen LogP contribution in [-0.4, -0.2) is 31.7 Å². The summed E-state index contributed by atoms with van der Waals surface area (Å²) in [5.41, 5.74) is 0. The molecule has 1 rings (SSSR count). The smallest absolute Gasteiger partial charge is 0.292 e. The van der Waals surface area contributed by atoms with E-state index in [1.807, 2.05) is 0 Å². The maximum atomic E-state index is 11.0. The van der Waals surface area contributed by atoms with Gasteiger partial charge in [0.05, 0.1) is 6.26 Å². The van der Waals surface area contributed by atoms with Crippen molar-refractivity contribution in [2.75, 3.05) is 12.8 Å². The fourth-order valence-electron chi connectivity index (χ4n) is 1.24. The number of hydrogen-bond acceptors (Lipinski definition) is 2. The lowest BCUT2D eigenvalue weighted by molar-refractivity contribution is 0.435. The molecule has 0 spiro atoms. The summed E-state index contributed by atoms with van der Waals surface area (Å²) in [6, 6.07) is 0. The van der Waals surface area contributed by atoms with Crippen LogP contribution in [0.25, 0.3) is 4.85 Å². The Morgan fingerprint density at radius 1 is 1.64 bits per heavy atom. The molecular formula is C6H10N2O2S. The van der Waals surface area contributed by atoms with Gasteiger partial charge in [-0.05, 0) is 6.42 Å². The molecule has 62 valence electrons. The van der Waals surface area contributed by atoms with Gasteiger partial charge in [0.1, 0.15) is 0 Å². The van der Waals surface area contributed by atoms with E-state index in [2.05, 4.69) is 4.85 Å². The summed E-state index contributed by atoms with van der Waals surface area (Å²) in [5, 5.41) is 0. The number of sulfonamides is 1. The zero-order valence-corrected chi connectivity index (χ0v) is 7.13. The Morgan fingerprint density at radius 2 is 2.27 bits per heavy atom. The van der Waals surface area contributed by atoms with Crippen molar-refractivity contribution in [1.29, 1.82) is 0 Å². The minimum absolute atomic E-state index is 0.440. The summed E-state index contributed by atoms with van der Waals surface area (Å²) in [5.74, 6) is 0. The van der Waals surface area contributed by atoms with Crippen molar-refractivity contribution in [2.24, 2.45) is 0 Å². The van der Waals surface area contributed by atoms with Crippen molar-refractivity contribution in [1.82, 2.24) is 4.31 Å². The molecule has 0 N–H and O–H groups in total. The summed E-state index contributed by atoms with van der Waals surface area (Å²) in [4.78, 5) is 3.23. The van der Waals surface area contributed by atoms with Crippen molar-refractivity contribution in [3.05, 3.63) is 11.4 Å². The van der Waals surface area contributed by atoms with E-state index in [0.29, 0.717) is 13.0 Å². The van der Waals surface area contributed by atoms with Gasteiger partial charge in [0.2, 0.25) is 10.0 Å². The highest BCUT2D eigenvalue weighted by Gasteiger charge is 2.35. The molecule has 0 aromatic heterocycles. The summed E-state index contributed by atoms with van der Waals surface area (Å²) in [6.45, 7) is 7.24. The minimum Gasteiger partial charge on any atom is -0.295 e. The quantitative estimate of drug-likeness (QED) is 0.536. The van der Waals surface area contributed by atoms with Crippen molar-refractivity contribution in [3.63, 3.8) is 0 Å². The molecule has 1 fully saturated rings. The SMILES string of the molecule is [C-]#[N+][C@@H]1CCCN1S(C)(=O)=O. The Morgan fingerprint density at radius 3 is 2.64 bits per heavy atom. The van der Waals surface area contributed by atoms with E-state index >= 15 is 0 Å². The average molecular weight is 174 g/mol. The summed E-state index contributed by atoms with van der Waals surface area (Å²) in [6.07, 6.45) is 2.19. The topological polar surface area (TPSA) is 41.7 Å². The molecule has 1 saturated heterocycles. The van der Waals surface area contributed by atoms with Crippen LogP contribution in [0.4, 0.5) is 0 Å². The third-order valence-corrected chi connectivity index (χ3v) is 3.03. The van der Waals surface area contributed by atoms with Crippen LogP contribution in [-0.2, 0) is 10.0 Å². The third-order valence-electron chi connectivity index (χ3n) is 1.75. The van der Waals surface area contributed by atoms with Gasteiger partial charge in [0.15, 0.2) is 0 Å². The van der Waals surface area contributed by atoms with Crippen LogP contribution in [0, 0.1) is 6.57 Å². The first-order valence-electron chi connectivity index (χ1n) is 3.39. The molecule has 0 aromatic carbocycles. The molecule has 0 radical (unpaired) electrons. The lowest BCUT2D eigenvalue weighted by Crippen LogP contribution is -2.32. The molecule has 5 heteroatoms. The van der Waals surface area contributed by atoms with Gasteiger partial charge in [-0.15, -0.1) is 4.31 Å². The largest absolute Gasteiger partial charge is 0.295 e. The second-order valence-electron chi connectivity index (χ2n) is 2.63. The molecule has 4 nitrogen and oxygen atoms in total. The van der Waals surface area contributed by atoms with E-state index in [0.717, 1.165) is 12.7 Å². The van der Waals surface area contributed by atoms with E-state index in [4.69, 9.17) is 6.57 Å². The highest BCUT2D eigenvalue weighted by Crippen LogP contribution is 2.20. The fourth-order valence-corrected chi connectivity index (χ4v) is 2.29. The highest BCUT2D eigenvalue weighted by molar-refractivity contribution is 7.88. The fraction of sp³-hybridized carbons (Fsp3) is 0.833. The van der Waals surface area contributed by atoms with Gasteiger partial charge < -0.3 is 0 Å². The van der Waals surface area contributed by atoms with Crippen molar-refractivity contribution < 1.29 is 8.42 Å². The van der Waals surface area contributed by atoms with Crippen LogP contribution in [0.15, 0.2) is 0 Å². The second-order valence-corrected chi connectivity index (χ2v) is 4.56. The first-order valence-corrected chi connectivity index (χ1v) is 5.24. The molecule has 0 saturated carbocycles. The Bertz CT molecular complexity index is 277. The van der Waals surface area contributed by atoms with Crippen LogP contribution in [0.1, 0.15) is 12.8 Å². The van der Waals surface area contributed by atoms with E-state index in [1.165, 1.54) is 4.31 Å². The molecule has 1 aliphatic rings. The maximum absolute atomic E-state index is 11.0. The van der Waals surface area contributed by atoms with E-state index in [1.54, 1.807) is 0 Å². The molecule has 1 aliphatic heterocycles. The lowest BCUT2D eigenvalue weighted by Gasteiger charge is -2.11. The van der Waals surface area contributed by atoms with Crippen LogP contribution in [0.2, 0.25) is 0 Å². The lowest BCUT2D eigenvalue weighted by atomic mass is 10.3. The Labute approximate surface area is 66.7 Å². The molecule has 0 amide bonds. The van der Waals surface area contributed by atoms with Crippen molar-refractivity contribution in [3.8, 4) is 0 Å². The number of nitrogens with zero attached hydrogens (tertiary/aromatic N) is 2. The third kappa shape index (κ3) is 1.70. The van der Waals surface area contributed by atoms with Gasteiger partial charge in [-0.2, -0.15) is 0 Å². The monoisotopic (exact) mass is 174 g/mol. The van der Waals surface area contributed by atoms with Gasteiger partial charge in [-0.25, -0.2) is 15.0 Å². The minimum atomic E-state index is -3.14. The van der Waals surface area contributed by atoms with E-state index in [9.17, 15) is 8.42 Å². The van der Waals surface area contributed by atoms with Crippen molar-refractivity contribution in [2.45, 2.75) is 19.0 Å². The van der Waals surface area contributed by atoms with Gasteiger partial charge in [0.25, 0.3) is 6.17 Å². The molecule has 1 heterocycles. The van der Waals surface area contributed by atoms with E-state index < -0.39 is 16.2 Å². The maximum Gasteiger partial charge on any atom is 0.292 e. The zero-order valence-electron chi connectivity index (χ0n) is 6.32. The van der Waals surface area contributed by atoms with Gasteiger partial charge in [-0.1, -0.05) is 0 Å². The molecular weight excluding hydrogens is 164 g/mol. The van der Waals surface area contributed by atoms with Crippen molar-refractivity contribution >= 4 is 10.0 Å². The Kier molecular flexibility index (Phi) is 2.16. The van der Waals surface area contributed by atoms with Crippen LogP contribution in [0.5, 0.6) is 0 Å². The highest BCUT2D eigenvalue weighted by atomic mass is 32.2. The van der Waals surface area contributed by atoms with Crippen LogP contribution in [0.3, 0.4) is 0 Å².